The molecule has 3 nitrogen and oxygen atoms in total. The lowest BCUT2D eigenvalue weighted by molar-refractivity contribution is -0.257. The zero-order valence-electron chi connectivity index (χ0n) is 15.5. The van der Waals surface area contributed by atoms with Gasteiger partial charge in [0.15, 0.2) is 0 Å². The van der Waals surface area contributed by atoms with Crippen LogP contribution in [0.2, 0.25) is 0 Å². The molecule has 2 N–H and O–H groups in total. The van der Waals surface area contributed by atoms with Crippen LogP contribution >= 0.6 is 0 Å². The second kappa shape index (κ2) is 12.3. The summed E-state index contributed by atoms with van der Waals surface area (Å²) in [5, 5.41) is 18.1. The highest BCUT2D eigenvalue weighted by Gasteiger charge is 2.30. The normalized spacial score (nSPS) is 13.3. The molecular weight excluding hydrogens is 345 g/mol. The topological polar surface area (TPSA) is 49.7 Å². The highest BCUT2D eigenvalue weighted by molar-refractivity contribution is 5.25. The number of benzene rings is 1. The summed E-state index contributed by atoms with van der Waals surface area (Å²) < 4.78 is 43.4. The fourth-order valence-electron chi connectivity index (χ4n) is 3.01. The summed E-state index contributed by atoms with van der Waals surface area (Å²) in [6.07, 6.45) is 4.79. The lowest BCUT2D eigenvalue weighted by Crippen LogP contribution is -2.22. The molecule has 0 heterocycles. The molecule has 0 amide bonds. The summed E-state index contributed by atoms with van der Waals surface area (Å²) in [6.45, 7) is 0.318. The maximum Gasteiger partial charge on any atom is 0.416 e. The van der Waals surface area contributed by atoms with E-state index in [0.29, 0.717) is 24.8 Å². The third-order valence-electron chi connectivity index (χ3n) is 4.45. The van der Waals surface area contributed by atoms with E-state index in [0.717, 1.165) is 31.4 Å². The smallest absolute Gasteiger partial charge is 0.346 e. The molecule has 0 aromatic heterocycles. The van der Waals surface area contributed by atoms with Crippen molar-refractivity contribution in [1.82, 2.24) is 0 Å². The summed E-state index contributed by atoms with van der Waals surface area (Å²) >= 11 is 0. The first-order chi connectivity index (χ1) is 12.3. The average Bonchev–Trinajstić information content (AvgIpc) is 2.57. The van der Waals surface area contributed by atoms with Gasteiger partial charge in [-0.25, -0.2) is 0 Å². The van der Waals surface area contributed by atoms with Gasteiger partial charge in [0.1, 0.15) is 0 Å². The molecule has 1 atom stereocenters. The van der Waals surface area contributed by atoms with Crippen LogP contribution in [0.25, 0.3) is 0 Å². The van der Waals surface area contributed by atoms with Crippen LogP contribution in [0.1, 0.15) is 75.8 Å². The van der Waals surface area contributed by atoms with E-state index in [1.54, 1.807) is 6.07 Å². The van der Waals surface area contributed by atoms with E-state index in [1.807, 2.05) is 0 Å². The van der Waals surface area contributed by atoms with E-state index >= 15 is 0 Å². The predicted molar refractivity (Wildman–Crippen MR) is 95.5 cm³/mol. The van der Waals surface area contributed by atoms with Crippen LogP contribution in [0, 0.1) is 0 Å². The van der Waals surface area contributed by atoms with E-state index in [2.05, 4.69) is 6.92 Å². The Hall–Kier alpha value is -1.11. The third-order valence-corrected chi connectivity index (χ3v) is 4.45. The first kappa shape index (κ1) is 22.9. The second-order valence-electron chi connectivity index (χ2n) is 6.73. The molecule has 26 heavy (non-hydrogen) atoms. The standard InChI is InChI=1S/C20H31F3O3/c1-2-3-4-5-6-7-8-12-18(26-19(24)25)14-13-16-10-9-11-17(15-16)20(21,22)23/h9-11,15,18-19,24-25H,2-8,12-14H2,1H3. The number of ether oxygens (including phenoxy) is 1. The second-order valence-corrected chi connectivity index (χ2v) is 6.73. The molecule has 0 aliphatic rings. The summed E-state index contributed by atoms with van der Waals surface area (Å²) in [4.78, 5) is 0. The van der Waals surface area contributed by atoms with Crippen molar-refractivity contribution in [2.45, 2.75) is 89.9 Å². The molecular formula is C20H31F3O3. The lowest BCUT2D eigenvalue weighted by Gasteiger charge is -2.19. The van der Waals surface area contributed by atoms with Crippen molar-refractivity contribution < 1.29 is 28.1 Å². The SMILES string of the molecule is CCCCCCCCCC(CCc1cccc(C(F)(F)F)c1)OC(O)O. The van der Waals surface area contributed by atoms with Gasteiger partial charge in [0.05, 0.1) is 11.7 Å². The van der Waals surface area contributed by atoms with Gasteiger partial charge in [-0.15, -0.1) is 0 Å². The van der Waals surface area contributed by atoms with Crippen LogP contribution in [-0.4, -0.2) is 22.8 Å². The van der Waals surface area contributed by atoms with E-state index in [1.165, 1.54) is 31.7 Å². The van der Waals surface area contributed by atoms with Gasteiger partial charge in [-0.2, -0.15) is 13.2 Å². The molecule has 1 unspecified atom stereocenters. The highest BCUT2D eigenvalue weighted by atomic mass is 19.4. The molecule has 0 bridgehead atoms. The third kappa shape index (κ3) is 10.1. The molecule has 0 fully saturated rings. The zero-order chi connectivity index (χ0) is 19.4. The van der Waals surface area contributed by atoms with Gasteiger partial charge in [0.2, 0.25) is 0 Å². The number of hydrogen-bond acceptors (Lipinski definition) is 3. The number of aliphatic hydroxyl groups excluding tert-OH is 1. The van der Waals surface area contributed by atoms with Gasteiger partial charge in [0, 0.05) is 0 Å². The summed E-state index contributed by atoms with van der Waals surface area (Å²) in [5.41, 5.74) is -0.0952. The molecule has 0 saturated carbocycles. The van der Waals surface area contributed by atoms with Gasteiger partial charge < -0.3 is 14.9 Å². The van der Waals surface area contributed by atoms with E-state index in [9.17, 15) is 13.2 Å². The number of aliphatic hydroxyl groups is 2. The number of rotatable bonds is 13. The highest BCUT2D eigenvalue weighted by Crippen LogP contribution is 2.30. The van der Waals surface area contributed by atoms with Crippen LogP contribution in [0.5, 0.6) is 0 Å². The summed E-state index contributed by atoms with van der Waals surface area (Å²) in [6, 6.07) is 5.23. The van der Waals surface area contributed by atoms with Crippen molar-refractivity contribution >= 4 is 0 Å². The molecule has 1 aromatic rings. The van der Waals surface area contributed by atoms with Crippen LogP contribution in [0.4, 0.5) is 13.2 Å². The number of alkyl halides is 3. The predicted octanol–water partition coefficient (Wildman–Crippen LogP) is 5.43. The Kier molecular flexibility index (Phi) is 10.9. The van der Waals surface area contributed by atoms with E-state index in [-0.39, 0.29) is 6.10 Å². The van der Waals surface area contributed by atoms with Crippen LogP contribution < -0.4 is 0 Å². The van der Waals surface area contributed by atoms with Crippen molar-refractivity contribution in [1.29, 1.82) is 0 Å². The molecule has 1 aromatic carbocycles. The van der Waals surface area contributed by atoms with Crippen LogP contribution in [0.3, 0.4) is 0 Å². The fourth-order valence-corrected chi connectivity index (χ4v) is 3.01. The molecule has 0 aliphatic carbocycles. The first-order valence-corrected chi connectivity index (χ1v) is 9.50. The summed E-state index contributed by atoms with van der Waals surface area (Å²) in [7, 11) is 0. The Bertz CT molecular complexity index is 489. The van der Waals surface area contributed by atoms with Crippen molar-refractivity contribution in [3.8, 4) is 0 Å². The minimum Gasteiger partial charge on any atom is -0.346 e. The summed E-state index contributed by atoms with van der Waals surface area (Å²) in [5.74, 6) is 0. The Balaban J connectivity index is 2.42. The number of unbranched alkanes of at least 4 members (excludes halogenated alkanes) is 6. The Morgan fingerprint density at radius 2 is 1.62 bits per heavy atom. The van der Waals surface area contributed by atoms with Gasteiger partial charge >= 0.3 is 6.18 Å². The van der Waals surface area contributed by atoms with Gasteiger partial charge in [0.25, 0.3) is 6.48 Å². The Morgan fingerprint density at radius 1 is 0.962 bits per heavy atom. The monoisotopic (exact) mass is 376 g/mol. The minimum atomic E-state index is -4.36. The Morgan fingerprint density at radius 3 is 2.23 bits per heavy atom. The number of aryl methyl sites for hydroxylation is 1. The van der Waals surface area contributed by atoms with Crippen LogP contribution in [-0.2, 0) is 17.3 Å². The quantitative estimate of drug-likeness (QED) is 0.356. The van der Waals surface area contributed by atoms with Crippen molar-refractivity contribution in [3.63, 3.8) is 0 Å². The largest absolute Gasteiger partial charge is 0.416 e. The number of hydrogen-bond donors (Lipinski definition) is 2. The van der Waals surface area contributed by atoms with Crippen molar-refractivity contribution in [2.75, 3.05) is 0 Å². The maximum absolute atomic E-state index is 12.8. The molecule has 6 heteroatoms. The van der Waals surface area contributed by atoms with Gasteiger partial charge in [-0.1, -0.05) is 70.1 Å². The lowest BCUT2D eigenvalue weighted by atomic mass is 10.00. The Labute approximate surface area is 154 Å². The minimum absolute atomic E-state index is 0.375. The zero-order valence-corrected chi connectivity index (χ0v) is 15.5. The fraction of sp³-hybridized carbons (Fsp3) is 0.700. The van der Waals surface area contributed by atoms with Gasteiger partial charge in [-0.05, 0) is 30.9 Å². The van der Waals surface area contributed by atoms with Gasteiger partial charge in [-0.3, -0.25) is 0 Å². The number of halogens is 3. The molecule has 1 rings (SSSR count). The van der Waals surface area contributed by atoms with Crippen LogP contribution in [0.15, 0.2) is 24.3 Å². The molecule has 150 valence electrons. The van der Waals surface area contributed by atoms with Crippen molar-refractivity contribution in [2.24, 2.45) is 0 Å². The maximum atomic E-state index is 12.8. The molecule has 0 radical (unpaired) electrons. The van der Waals surface area contributed by atoms with E-state index in [4.69, 9.17) is 14.9 Å². The van der Waals surface area contributed by atoms with Crippen molar-refractivity contribution in [3.05, 3.63) is 35.4 Å². The first-order valence-electron chi connectivity index (χ1n) is 9.50. The molecule has 0 saturated heterocycles. The molecule has 0 aliphatic heterocycles. The average molecular weight is 376 g/mol. The molecule has 0 spiro atoms. The van der Waals surface area contributed by atoms with E-state index < -0.39 is 18.2 Å².